The van der Waals surface area contributed by atoms with Crippen molar-refractivity contribution in [2.75, 3.05) is 0 Å². The summed E-state index contributed by atoms with van der Waals surface area (Å²) in [5.74, 6) is 1.15. The maximum atomic E-state index is 12.2. The highest BCUT2D eigenvalue weighted by Gasteiger charge is 2.31. The van der Waals surface area contributed by atoms with Gasteiger partial charge in [0, 0.05) is 17.9 Å². The first kappa shape index (κ1) is 18.8. The summed E-state index contributed by atoms with van der Waals surface area (Å²) in [6.07, 6.45) is 8.16. The molecule has 0 radical (unpaired) electrons. The van der Waals surface area contributed by atoms with Crippen molar-refractivity contribution < 1.29 is 14.3 Å². The van der Waals surface area contributed by atoms with Crippen molar-refractivity contribution in [1.82, 2.24) is 0 Å². The molecule has 0 aromatic heterocycles. The molecular weight excluding hydrogens is 300 g/mol. The van der Waals surface area contributed by atoms with Gasteiger partial charge in [-0.05, 0) is 45.6 Å². The molecule has 1 aliphatic rings. The van der Waals surface area contributed by atoms with E-state index < -0.39 is 0 Å². The van der Waals surface area contributed by atoms with E-state index >= 15 is 0 Å². The second kappa shape index (κ2) is 9.71. The van der Waals surface area contributed by atoms with Gasteiger partial charge in [0.1, 0.15) is 11.9 Å². The normalized spacial score (nSPS) is 20.8. The number of hydrogen-bond donors (Lipinski definition) is 0. The Morgan fingerprint density at radius 2 is 1.92 bits per heavy atom. The zero-order chi connectivity index (χ0) is 17.4. The zero-order valence-electron chi connectivity index (χ0n) is 15.4. The van der Waals surface area contributed by atoms with Gasteiger partial charge in [-0.25, -0.2) is 0 Å². The van der Waals surface area contributed by atoms with Gasteiger partial charge in [0.25, 0.3) is 0 Å². The van der Waals surface area contributed by atoms with Crippen LogP contribution in [0.1, 0.15) is 83.6 Å². The minimum Gasteiger partial charge on any atom is -0.491 e. The molecule has 3 nitrogen and oxygen atoms in total. The fourth-order valence-corrected chi connectivity index (χ4v) is 3.49. The Morgan fingerprint density at radius 3 is 2.67 bits per heavy atom. The van der Waals surface area contributed by atoms with E-state index in [0.29, 0.717) is 6.42 Å². The van der Waals surface area contributed by atoms with Crippen molar-refractivity contribution in [3.63, 3.8) is 0 Å². The van der Waals surface area contributed by atoms with E-state index in [4.69, 9.17) is 9.47 Å². The summed E-state index contributed by atoms with van der Waals surface area (Å²) < 4.78 is 11.9. The molecule has 0 N–H and O–H groups in total. The Balaban J connectivity index is 2.07. The topological polar surface area (TPSA) is 35.5 Å². The summed E-state index contributed by atoms with van der Waals surface area (Å²) in [6, 6.07) is 8.22. The van der Waals surface area contributed by atoms with Crippen molar-refractivity contribution in [3.8, 4) is 5.75 Å². The minimum atomic E-state index is -0.0393. The molecule has 0 spiro atoms. The third kappa shape index (κ3) is 5.54. The summed E-state index contributed by atoms with van der Waals surface area (Å²) in [5.41, 5.74) is 1.19. The second-order valence-electron chi connectivity index (χ2n) is 7.08. The Labute approximate surface area is 146 Å². The molecule has 3 heteroatoms. The van der Waals surface area contributed by atoms with Gasteiger partial charge in [0.05, 0.1) is 6.10 Å². The van der Waals surface area contributed by atoms with Crippen molar-refractivity contribution in [1.29, 1.82) is 0 Å². The maximum absolute atomic E-state index is 12.2. The van der Waals surface area contributed by atoms with Crippen LogP contribution in [0.2, 0.25) is 0 Å². The standard InChI is InChI=1S/C21H32O3/c1-4-5-6-15-21(22)24-20-14-10-8-12-18(20)17-11-7-9-13-19(17)23-16(2)3/h7,9,11,13,16,18,20H,4-6,8,10,12,14-15H2,1-3H3/t18-,20+/m1/s1. The monoisotopic (exact) mass is 332 g/mol. The van der Waals surface area contributed by atoms with Crippen LogP contribution in [0.15, 0.2) is 24.3 Å². The van der Waals surface area contributed by atoms with E-state index in [0.717, 1.165) is 44.3 Å². The fraction of sp³-hybridized carbons (Fsp3) is 0.667. The molecule has 24 heavy (non-hydrogen) atoms. The molecule has 0 amide bonds. The SMILES string of the molecule is CCCCCC(=O)O[C@H]1CCCC[C@@H]1c1ccccc1OC(C)C. The number of carbonyl (C=O) groups is 1. The number of rotatable bonds is 8. The molecule has 0 heterocycles. The van der Waals surface area contributed by atoms with Crippen LogP contribution < -0.4 is 4.74 Å². The number of para-hydroxylation sites is 1. The predicted octanol–water partition coefficient (Wildman–Crippen LogP) is 5.62. The zero-order valence-corrected chi connectivity index (χ0v) is 15.4. The molecule has 1 aromatic rings. The molecule has 1 fully saturated rings. The van der Waals surface area contributed by atoms with Crippen molar-refractivity contribution in [3.05, 3.63) is 29.8 Å². The number of benzene rings is 1. The first-order chi connectivity index (χ1) is 11.6. The van der Waals surface area contributed by atoms with E-state index in [-0.39, 0.29) is 24.1 Å². The van der Waals surface area contributed by atoms with E-state index in [9.17, 15) is 4.79 Å². The van der Waals surface area contributed by atoms with Gasteiger partial charge in [0.2, 0.25) is 0 Å². The molecule has 2 atom stereocenters. The van der Waals surface area contributed by atoms with Crippen molar-refractivity contribution in [2.24, 2.45) is 0 Å². The Hall–Kier alpha value is -1.51. The van der Waals surface area contributed by atoms with E-state index in [1.54, 1.807) is 0 Å². The lowest BCUT2D eigenvalue weighted by Crippen LogP contribution is -2.29. The van der Waals surface area contributed by atoms with Gasteiger partial charge < -0.3 is 9.47 Å². The Bertz CT molecular complexity index is 510. The van der Waals surface area contributed by atoms with Gasteiger partial charge in [-0.1, -0.05) is 44.4 Å². The van der Waals surface area contributed by atoms with Crippen LogP contribution in [0.4, 0.5) is 0 Å². The third-order valence-corrected chi connectivity index (χ3v) is 4.65. The lowest BCUT2D eigenvalue weighted by atomic mass is 9.81. The Morgan fingerprint density at radius 1 is 1.17 bits per heavy atom. The molecule has 0 unspecified atom stereocenters. The summed E-state index contributed by atoms with van der Waals surface area (Å²) in [5, 5.41) is 0. The van der Waals surface area contributed by atoms with Crippen LogP contribution in [0.3, 0.4) is 0 Å². The molecule has 0 aliphatic heterocycles. The van der Waals surface area contributed by atoms with E-state index in [2.05, 4.69) is 19.1 Å². The van der Waals surface area contributed by atoms with Crippen LogP contribution in [-0.2, 0) is 9.53 Å². The predicted molar refractivity (Wildman–Crippen MR) is 97.4 cm³/mol. The molecular formula is C21H32O3. The van der Waals surface area contributed by atoms with Crippen molar-refractivity contribution >= 4 is 5.97 Å². The molecule has 1 aromatic carbocycles. The van der Waals surface area contributed by atoms with Gasteiger partial charge in [-0.3, -0.25) is 4.79 Å². The van der Waals surface area contributed by atoms with E-state index in [1.807, 2.05) is 26.0 Å². The molecule has 1 saturated carbocycles. The third-order valence-electron chi connectivity index (χ3n) is 4.65. The lowest BCUT2D eigenvalue weighted by molar-refractivity contribution is -0.151. The number of carbonyl (C=O) groups excluding carboxylic acids is 1. The quantitative estimate of drug-likeness (QED) is 0.457. The molecule has 1 aliphatic carbocycles. The van der Waals surface area contributed by atoms with Crippen LogP contribution >= 0.6 is 0 Å². The highest BCUT2D eigenvalue weighted by Crippen LogP contribution is 2.39. The second-order valence-corrected chi connectivity index (χ2v) is 7.08. The average Bonchev–Trinajstić information content (AvgIpc) is 2.56. The maximum Gasteiger partial charge on any atom is 0.306 e. The summed E-state index contributed by atoms with van der Waals surface area (Å²) >= 11 is 0. The summed E-state index contributed by atoms with van der Waals surface area (Å²) in [4.78, 5) is 12.2. The molecule has 2 rings (SSSR count). The smallest absolute Gasteiger partial charge is 0.306 e. The van der Waals surface area contributed by atoms with Crippen LogP contribution in [0.25, 0.3) is 0 Å². The molecule has 0 saturated heterocycles. The lowest BCUT2D eigenvalue weighted by Gasteiger charge is -2.32. The number of ether oxygens (including phenoxy) is 2. The molecule has 134 valence electrons. The largest absolute Gasteiger partial charge is 0.491 e. The highest BCUT2D eigenvalue weighted by molar-refractivity contribution is 5.69. The Kier molecular flexibility index (Phi) is 7.61. The van der Waals surface area contributed by atoms with Gasteiger partial charge in [-0.15, -0.1) is 0 Å². The first-order valence-corrected chi connectivity index (χ1v) is 9.56. The number of esters is 1. The van der Waals surface area contributed by atoms with Gasteiger partial charge >= 0.3 is 5.97 Å². The fourth-order valence-electron chi connectivity index (χ4n) is 3.49. The first-order valence-electron chi connectivity index (χ1n) is 9.56. The van der Waals surface area contributed by atoms with Gasteiger partial charge in [0.15, 0.2) is 0 Å². The van der Waals surface area contributed by atoms with Crippen LogP contribution in [0.5, 0.6) is 5.75 Å². The number of unbranched alkanes of at least 4 members (excludes halogenated alkanes) is 2. The number of hydrogen-bond acceptors (Lipinski definition) is 3. The van der Waals surface area contributed by atoms with Crippen LogP contribution in [0, 0.1) is 0 Å². The summed E-state index contributed by atoms with van der Waals surface area (Å²) in [6.45, 7) is 6.24. The molecule has 0 bridgehead atoms. The average molecular weight is 332 g/mol. The van der Waals surface area contributed by atoms with Crippen molar-refractivity contribution in [2.45, 2.75) is 90.3 Å². The summed E-state index contributed by atoms with van der Waals surface area (Å²) in [7, 11) is 0. The van der Waals surface area contributed by atoms with Crippen LogP contribution in [-0.4, -0.2) is 18.2 Å². The highest BCUT2D eigenvalue weighted by atomic mass is 16.5. The minimum absolute atomic E-state index is 0.00945. The van der Waals surface area contributed by atoms with E-state index in [1.165, 1.54) is 12.0 Å². The van der Waals surface area contributed by atoms with Gasteiger partial charge in [-0.2, -0.15) is 0 Å².